The normalized spacial score (nSPS) is 11.5. The molecule has 0 aliphatic heterocycles. The molecular weight excluding hydrogens is 515 g/mol. The summed E-state index contributed by atoms with van der Waals surface area (Å²) in [6.45, 7) is 2.19. The number of halogens is 1. The van der Waals surface area contributed by atoms with Crippen LogP contribution in [0, 0.1) is 10.5 Å². The minimum Gasteiger partial charge on any atom is -0.484 e. The van der Waals surface area contributed by atoms with Crippen LogP contribution in [0.1, 0.15) is 16.7 Å². The zero-order valence-electron chi connectivity index (χ0n) is 18.3. The lowest BCUT2D eigenvalue weighted by Crippen LogP contribution is -2.51. The van der Waals surface area contributed by atoms with E-state index in [9.17, 15) is 9.59 Å². The van der Waals surface area contributed by atoms with Crippen LogP contribution < -0.4 is 10.1 Å². The molecule has 0 saturated carbocycles. The lowest BCUT2D eigenvalue weighted by atomic mass is 10.0. The second kappa shape index (κ2) is 11.7. The van der Waals surface area contributed by atoms with Gasteiger partial charge in [0.1, 0.15) is 11.8 Å². The van der Waals surface area contributed by atoms with Crippen molar-refractivity contribution in [1.82, 2.24) is 10.2 Å². The molecular formula is C26H27IN2O3. The fourth-order valence-electron chi connectivity index (χ4n) is 3.45. The van der Waals surface area contributed by atoms with Gasteiger partial charge in [0.2, 0.25) is 5.91 Å². The molecule has 166 valence electrons. The number of nitrogens with zero attached hydrogens (tertiary/aromatic N) is 1. The Labute approximate surface area is 202 Å². The van der Waals surface area contributed by atoms with Gasteiger partial charge in [0.25, 0.3) is 5.91 Å². The fraction of sp³-hybridized carbons (Fsp3) is 0.231. The van der Waals surface area contributed by atoms with E-state index in [1.807, 2.05) is 85.8 Å². The summed E-state index contributed by atoms with van der Waals surface area (Å²) in [5.74, 6) is 0.176. The van der Waals surface area contributed by atoms with Crippen molar-refractivity contribution in [3.05, 3.63) is 99.1 Å². The first-order valence-electron chi connectivity index (χ1n) is 10.5. The van der Waals surface area contributed by atoms with Gasteiger partial charge in [0, 0.05) is 23.6 Å². The zero-order chi connectivity index (χ0) is 22.9. The number of amides is 2. The molecule has 0 aliphatic carbocycles. The van der Waals surface area contributed by atoms with E-state index in [4.69, 9.17) is 4.74 Å². The van der Waals surface area contributed by atoms with Crippen molar-refractivity contribution in [2.75, 3.05) is 13.7 Å². The molecule has 0 saturated heterocycles. The summed E-state index contributed by atoms with van der Waals surface area (Å²) in [6.07, 6.45) is 0.418. The lowest BCUT2D eigenvalue weighted by Gasteiger charge is -2.31. The van der Waals surface area contributed by atoms with Crippen LogP contribution in [0.2, 0.25) is 0 Å². The maximum Gasteiger partial charge on any atom is 0.261 e. The zero-order valence-corrected chi connectivity index (χ0v) is 20.4. The Bertz CT molecular complexity index is 1040. The molecule has 6 heteroatoms. The molecule has 0 spiro atoms. The molecule has 3 aromatic carbocycles. The third-order valence-corrected chi connectivity index (χ3v) is 6.01. The van der Waals surface area contributed by atoms with Crippen LogP contribution in [-0.4, -0.2) is 36.4 Å². The summed E-state index contributed by atoms with van der Waals surface area (Å²) in [5.41, 5.74) is 3.05. The van der Waals surface area contributed by atoms with E-state index in [0.717, 1.165) is 20.3 Å². The van der Waals surface area contributed by atoms with Crippen LogP contribution in [0.15, 0.2) is 78.9 Å². The van der Waals surface area contributed by atoms with Gasteiger partial charge in [-0.25, -0.2) is 0 Å². The van der Waals surface area contributed by atoms with Crippen LogP contribution in [-0.2, 0) is 22.6 Å². The van der Waals surface area contributed by atoms with E-state index in [1.165, 1.54) is 0 Å². The van der Waals surface area contributed by atoms with E-state index >= 15 is 0 Å². The van der Waals surface area contributed by atoms with E-state index in [-0.39, 0.29) is 18.4 Å². The Morgan fingerprint density at radius 2 is 1.62 bits per heavy atom. The van der Waals surface area contributed by atoms with Crippen molar-refractivity contribution in [2.45, 2.75) is 25.9 Å². The Balaban J connectivity index is 1.87. The van der Waals surface area contributed by atoms with E-state index in [1.54, 1.807) is 11.9 Å². The number of likely N-dealkylation sites (N-methyl/N-ethyl adjacent to an activating group) is 1. The van der Waals surface area contributed by atoms with Crippen LogP contribution in [0.4, 0.5) is 0 Å². The van der Waals surface area contributed by atoms with Crippen molar-refractivity contribution in [3.8, 4) is 5.75 Å². The molecule has 0 aromatic heterocycles. The molecule has 5 nitrogen and oxygen atoms in total. The number of carbonyl (C=O) groups is 2. The highest BCUT2D eigenvalue weighted by atomic mass is 127. The van der Waals surface area contributed by atoms with Crippen LogP contribution in [0.5, 0.6) is 5.75 Å². The Hall–Kier alpha value is -2.87. The molecule has 0 heterocycles. The SMILES string of the molecule is CNC(=O)[C@H](Cc1ccccc1)N(Cc1ccccc1C)C(=O)COc1ccc(I)cc1. The highest BCUT2D eigenvalue weighted by Crippen LogP contribution is 2.18. The predicted molar refractivity (Wildman–Crippen MR) is 134 cm³/mol. The van der Waals surface area contributed by atoms with Gasteiger partial charge in [-0.2, -0.15) is 0 Å². The molecule has 3 rings (SSSR count). The standard InChI is InChI=1S/C26H27IN2O3/c1-19-8-6-7-11-21(19)17-29(25(30)18-32-23-14-12-22(27)13-15-23)24(26(31)28-2)16-20-9-4-3-5-10-20/h3-15,24H,16-18H2,1-2H3,(H,28,31)/t24-/m0/s1. The summed E-state index contributed by atoms with van der Waals surface area (Å²) >= 11 is 2.22. The van der Waals surface area contributed by atoms with Gasteiger partial charge in [-0.15, -0.1) is 0 Å². The van der Waals surface area contributed by atoms with E-state index < -0.39 is 6.04 Å². The number of rotatable bonds is 9. The molecule has 0 fully saturated rings. The van der Waals surface area contributed by atoms with Gasteiger partial charge in [0.05, 0.1) is 0 Å². The second-order valence-electron chi connectivity index (χ2n) is 7.51. The number of hydrogen-bond acceptors (Lipinski definition) is 3. The first-order valence-corrected chi connectivity index (χ1v) is 11.5. The summed E-state index contributed by atoms with van der Waals surface area (Å²) < 4.78 is 6.85. The number of aryl methyl sites for hydroxylation is 1. The number of hydrogen-bond donors (Lipinski definition) is 1. The summed E-state index contributed by atoms with van der Waals surface area (Å²) in [4.78, 5) is 27.9. The monoisotopic (exact) mass is 542 g/mol. The number of benzene rings is 3. The molecule has 0 bridgehead atoms. The van der Waals surface area contributed by atoms with E-state index in [2.05, 4.69) is 27.9 Å². The first kappa shape index (κ1) is 23.8. The molecule has 2 amide bonds. The molecule has 1 N–H and O–H groups in total. The smallest absolute Gasteiger partial charge is 0.261 e. The molecule has 0 unspecified atom stereocenters. The van der Waals surface area contributed by atoms with Crippen molar-refractivity contribution < 1.29 is 14.3 Å². The molecule has 0 radical (unpaired) electrons. The van der Waals surface area contributed by atoms with Crippen molar-refractivity contribution in [3.63, 3.8) is 0 Å². The second-order valence-corrected chi connectivity index (χ2v) is 8.76. The first-order chi connectivity index (χ1) is 15.5. The minimum absolute atomic E-state index is 0.144. The summed E-state index contributed by atoms with van der Waals surface area (Å²) in [7, 11) is 1.60. The highest BCUT2D eigenvalue weighted by Gasteiger charge is 2.30. The summed E-state index contributed by atoms with van der Waals surface area (Å²) in [5, 5.41) is 2.73. The molecule has 3 aromatic rings. The predicted octanol–water partition coefficient (Wildman–Crippen LogP) is 4.36. The minimum atomic E-state index is -0.658. The molecule has 1 atom stereocenters. The van der Waals surface area contributed by atoms with Crippen LogP contribution >= 0.6 is 22.6 Å². The average molecular weight is 542 g/mol. The third kappa shape index (κ3) is 6.56. The maximum atomic E-state index is 13.4. The molecule has 32 heavy (non-hydrogen) atoms. The van der Waals surface area contributed by atoms with Crippen LogP contribution in [0.3, 0.4) is 0 Å². The third-order valence-electron chi connectivity index (χ3n) is 5.30. The fourth-order valence-corrected chi connectivity index (χ4v) is 3.81. The van der Waals surface area contributed by atoms with Crippen LogP contribution in [0.25, 0.3) is 0 Å². The maximum absolute atomic E-state index is 13.4. The van der Waals surface area contributed by atoms with Gasteiger partial charge >= 0.3 is 0 Å². The topological polar surface area (TPSA) is 58.6 Å². The Kier molecular flexibility index (Phi) is 8.67. The van der Waals surface area contributed by atoms with Crippen molar-refractivity contribution in [2.24, 2.45) is 0 Å². The van der Waals surface area contributed by atoms with Gasteiger partial charge in [0.15, 0.2) is 6.61 Å². The Morgan fingerprint density at radius 3 is 2.28 bits per heavy atom. The largest absolute Gasteiger partial charge is 0.484 e. The quantitative estimate of drug-likeness (QED) is 0.409. The average Bonchev–Trinajstić information content (AvgIpc) is 2.82. The number of ether oxygens (including phenoxy) is 1. The highest BCUT2D eigenvalue weighted by molar-refractivity contribution is 14.1. The number of nitrogens with one attached hydrogen (secondary N) is 1. The Morgan fingerprint density at radius 1 is 0.969 bits per heavy atom. The number of carbonyl (C=O) groups excluding carboxylic acids is 2. The lowest BCUT2D eigenvalue weighted by molar-refractivity contribution is -0.142. The van der Waals surface area contributed by atoms with Crippen molar-refractivity contribution in [1.29, 1.82) is 0 Å². The van der Waals surface area contributed by atoms with Gasteiger partial charge < -0.3 is 15.0 Å². The van der Waals surface area contributed by atoms with Gasteiger partial charge in [-0.05, 0) is 70.5 Å². The summed E-state index contributed by atoms with van der Waals surface area (Å²) in [6, 6.07) is 24.5. The van der Waals surface area contributed by atoms with Gasteiger partial charge in [-0.1, -0.05) is 54.6 Å². The van der Waals surface area contributed by atoms with Gasteiger partial charge in [-0.3, -0.25) is 9.59 Å². The molecule has 0 aliphatic rings. The van der Waals surface area contributed by atoms with Crippen molar-refractivity contribution >= 4 is 34.4 Å². The van der Waals surface area contributed by atoms with E-state index in [0.29, 0.717) is 18.7 Å².